The number of nitrogens with zero attached hydrogens (tertiary/aromatic N) is 1. The van der Waals surface area contributed by atoms with E-state index in [2.05, 4.69) is 65.1 Å². The molecule has 2 heteroatoms. The molecular formula is C24H27NO. The molecule has 1 aromatic rings. The van der Waals surface area contributed by atoms with Crippen LogP contribution in [0.25, 0.3) is 0 Å². The SMILES string of the molecule is C=C/C=C1\C(=C/C)C(C)(c2ccc(N3C(=C)C=CC3=O)cc2)CC1(C)C. The predicted molar refractivity (Wildman–Crippen MR) is 110 cm³/mol. The summed E-state index contributed by atoms with van der Waals surface area (Å²) in [6, 6.07) is 8.33. The zero-order valence-electron chi connectivity index (χ0n) is 16.2. The summed E-state index contributed by atoms with van der Waals surface area (Å²) < 4.78 is 0. The van der Waals surface area contributed by atoms with Gasteiger partial charge in [0.05, 0.1) is 0 Å². The van der Waals surface area contributed by atoms with Gasteiger partial charge in [0.1, 0.15) is 0 Å². The van der Waals surface area contributed by atoms with Crippen molar-refractivity contribution in [3.8, 4) is 0 Å². The van der Waals surface area contributed by atoms with E-state index in [0.29, 0.717) is 5.70 Å². The van der Waals surface area contributed by atoms with E-state index in [0.717, 1.165) is 12.1 Å². The zero-order chi connectivity index (χ0) is 19.1. The average Bonchev–Trinajstić information content (AvgIpc) is 3.02. The van der Waals surface area contributed by atoms with Crippen LogP contribution >= 0.6 is 0 Å². The van der Waals surface area contributed by atoms with Gasteiger partial charge in [0, 0.05) is 22.9 Å². The molecule has 1 saturated carbocycles. The van der Waals surface area contributed by atoms with Crippen LogP contribution in [0.5, 0.6) is 0 Å². The van der Waals surface area contributed by atoms with E-state index < -0.39 is 0 Å². The van der Waals surface area contributed by atoms with E-state index in [1.165, 1.54) is 16.7 Å². The van der Waals surface area contributed by atoms with E-state index in [1.54, 1.807) is 17.1 Å². The second kappa shape index (κ2) is 6.28. The first-order valence-electron chi connectivity index (χ1n) is 9.06. The monoisotopic (exact) mass is 345 g/mol. The molecule has 0 saturated heterocycles. The molecule has 0 radical (unpaired) electrons. The van der Waals surface area contributed by atoms with E-state index in [9.17, 15) is 4.79 Å². The summed E-state index contributed by atoms with van der Waals surface area (Å²) in [6.45, 7) is 16.8. The molecule has 2 nitrogen and oxygen atoms in total. The Morgan fingerprint density at radius 1 is 1.08 bits per heavy atom. The lowest BCUT2D eigenvalue weighted by molar-refractivity contribution is -0.113. The Balaban J connectivity index is 2.01. The molecule has 1 aromatic carbocycles. The largest absolute Gasteiger partial charge is 0.278 e. The van der Waals surface area contributed by atoms with Crippen LogP contribution in [0.1, 0.15) is 39.7 Å². The quantitative estimate of drug-likeness (QED) is 0.673. The molecular weight excluding hydrogens is 318 g/mol. The summed E-state index contributed by atoms with van der Waals surface area (Å²) in [5.74, 6) is -0.0405. The summed E-state index contributed by atoms with van der Waals surface area (Å²) in [4.78, 5) is 13.7. The minimum absolute atomic E-state index is 0.0405. The Morgan fingerprint density at radius 2 is 1.73 bits per heavy atom. The van der Waals surface area contributed by atoms with Crippen molar-refractivity contribution >= 4 is 11.6 Å². The Hall–Kier alpha value is -2.61. The Labute approximate surface area is 156 Å². The summed E-state index contributed by atoms with van der Waals surface area (Å²) in [5.41, 5.74) is 5.58. The highest BCUT2D eigenvalue weighted by atomic mass is 16.2. The molecule has 1 aliphatic carbocycles. The molecule has 1 unspecified atom stereocenters. The molecule has 0 aromatic heterocycles. The van der Waals surface area contributed by atoms with Crippen molar-refractivity contribution < 1.29 is 4.79 Å². The van der Waals surface area contributed by atoms with Crippen molar-refractivity contribution in [2.75, 3.05) is 4.90 Å². The number of hydrogen-bond acceptors (Lipinski definition) is 1. The lowest BCUT2D eigenvalue weighted by Gasteiger charge is -2.28. The van der Waals surface area contributed by atoms with Gasteiger partial charge in [-0.15, -0.1) is 0 Å². The third kappa shape index (κ3) is 2.70. The number of anilines is 1. The minimum atomic E-state index is -0.0596. The molecule has 1 atom stereocenters. The molecule has 1 aliphatic heterocycles. The molecule has 1 fully saturated rings. The van der Waals surface area contributed by atoms with E-state index >= 15 is 0 Å². The van der Waals surface area contributed by atoms with Crippen LogP contribution in [0.2, 0.25) is 0 Å². The first-order chi connectivity index (χ1) is 12.2. The Kier molecular flexibility index (Phi) is 4.39. The summed E-state index contributed by atoms with van der Waals surface area (Å²) in [5, 5.41) is 0. The van der Waals surface area contributed by atoms with Gasteiger partial charge in [-0.1, -0.05) is 64.3 Å². The molecule has 3 rings (SSSR count). The standard InChI is InChI=1S/C24H27NO/c1-7-9-21-20(8-2)24(6,16-23(21,4)5)18-11-13-19(14-12-18)25-17(3)10-15-22(25)26/h7-15H,1,3,16H2,2,4-6H3/b20-8+,21-9+. The van der Waals surface area contributed by atoms with Gasteiger partial charge >= 0.3 is 0 Å². The Morgan fingerprint density at radius 3 is 2.23 bits per heavy atom. The smallest absolute Gasteiger partial charge is 0.255 e. The van der Waals surface area contributed by atoms with Crippen molar-refractivity contribution in [2.24, 2.45) is 5.41 Å². The van der Waals surface area contributed by atoms with Crippen molar-refractivity contribution in [1.82, 2.24) is 0 Å². The Bertz CT molecular complexity index is 846. The molecule has 134 valence electrons. The van der Waals surface area contributed by atoms with Gasteiger partial charge in [0.25, 0.3) is 5.91 Å². The van der Waals surface area contributed by atoms with Crippen molar-refractivity contribution in [3.05, 3.63) is 90.2 Å². The maximum Gasteiger partial charge on any atom is 0.255 e. The minimum Gasteiger partial charge on any atom is -0.278 e. The number of hydrogen-bond donors (Lipinski definition) is 0. The highest BCUT2D eigenvalue weighted by Gasteiger charge is 2.47. The zero-order valence-corrected chi connectivity index (χ0v) is 16.2. The van der Waals surface area contributed by atoms with Crippen LogP contribution < -0.4 is 4.90 Å². The van der Waals surface area contributed by atoms with Gasteiger partial charge in [-0.25, -0.2) is 0 Å². The lowest BCUT2D eigenvalue weighted by Crippen LogP contribution is -2.24. The molecule has 1 amide bonds. The summed E-state index contributed by atoms with van der Waals surface area (Å²) in [6.07, 6.45) is 10.6. The van der Waals surface area contributed by atoms with Crippen molar-refractivity contribution in [1.29, 1.82) is 0 Å². The van der Waals surface area contributed by atoms with E-state index in [4.69, 9.17) is 0 Å². The second-order valence-corrected chi connectivity index (χ2v) is 7.96. The second-order valence-electron chi connectivity index (χ2n) is 7.96. The number of carbonyl (C=O) groups excluding carboxylic acids is 1. The topological polar surface area (TPSA) is 20.3 Å². The van der Waals surface area contributed by atoms with Gasteiger partial charge in [-0.3, -0.25) is 9.69 Å². The van der Waals surface area contributed by atoms with Gasteiger partial charge in [-0.05, 0) is 53.7 Å². The van der Waals surface area contributed by atoms with E-state index in [-0.39, 0.29) is 16.7 Å². The van der Waals surface area contributed by atoms with Crippen molar-refractivity contribution in [3.63, 3.8) is 0 Å². The third-order valence-corrected chi connectivity index (χ3v) is 5.67. The van der Waals surface area contributed by atoms with Crippen LogP contribution in [0, 0.1) is 5.41 Å². The maximum absolute atomic E-state index is 12.0. The predicted octanol–water partition coefficient (Wildman–Crippen LogP) is 5.85. The molecule has 0 bridgehead atoms. The van der Waals surface area contributed by atoms with Gasteiger partial charge < -0.3 is 0 Å². The number of amides is 1. The van der Waals surface area contributed by atoms with Gasteiger partial charge in [0.15, 0.2) is 0 Å². The fourth-order valence-electron chi connectivity index (χ4n) is 4.63. The molecule has 0 N–H and O–H groups in total. The number of allylic oxidation sites excluding steroid dienone is 6. The molecule has 26 heavy (non-hydrogen) atoms. The van der Waals surface area contributed by atoms with Gasteiger partial charge in [-0.2, -0.15) is 0 Å². The first kappa shape index (κ1) is 18.2. The van der Waals surface area contributed by atoms with E-state index in [1.807, 2.05) is 18.2 Å². The lowest BCUT2D eigenvalue weighted by atomic mass is 9.76. The number of rotatable bonds is 3. The number of benzene rings is 1. The summed E-state index contributed by atoms with van der Waals surface area (Å²) in [7, 11) is 0. The normalized spacial score (nSPS) is 27.8. The van der Waals surface area contributed by atoms with Gasteiger partial charge in [0.2, 0.25) is 0 Å². The van der Waals surface area contributed by atoms with Crippen LogP contribution in [-0.2, 0) is 10.2 Å². The van der Waals surface area contributed by atoms with Crippen LogP contribution in [0.4, 0.5) is 5.69 Å². The first-order valence-corrected chi connectivity index (χ1v) is 9.06. The fraction of sp³-hybridized carbons (Fsp3) is 0.292. The van der Waals surface area contributed by atoms with Crippen LogP contribution in [0.3, 0.4) is 0 Å². The summed E-state index contributed by atoms with van der Waals surface area (Å²) >= 11 is 0. The van der Waals surface area contributed by atoms with Crippen LogP contribution in [0.15, 0.2) is 84.6 Å². The molecule has 0 spiro atoms. The van der Waals surface area contributed by atoms with Crippen molar-refractivity contribution in [2.45, 2.75) is 39.5 Å². The third-order valence-electron chi connectivity index (χ3n) is 5.67. The highest BCUT2D eigenvalue weighted by Crippen LogP contribution is 2.57. The molecule has 1 heterocycles. The average molecular weight is 345 g/mol. The van der Waals surface area contributed by atoms with Crippen LogP contribution in [-0.4, -0.2) is 5.91 Å². The fourth-order valence-corrected chi connectivity index (χ4v) is 4.63. The molecule has 2 aliphatic rings. The highest BCUT2D eigenvalue weighted by molar-refractivity contribution is 6.07. The number of carbonyl (C=O) groups is 1. The maximum atomic E-state index is 12.0.